The van der Waals surface area contributed by atoms with E-state index in [1.54, 1.807) is 11.3 Å². The van der Waals surface area contributed by atoms with Crippen LogP contribution in [0.3, 0.4) is 0 Å². The SMILES string of the molecule is CC1CC2(CCN1C(=O)OC(C)(C)C)OCCc1cc(Br)sc12. The Balaban J connectivity index is 1.78. The number of carbonyl (C=O) groups excluding carboxylic acids is 1. The lowest BCUT2D eigenvalue weighted by atomic mass is 9.82. The lowest BCUT2D eigenvalue weighted by Crippen LogP contribution is -2.53. The van der Waals surface area contributed by atoms with Gasteiger partial charge in [0.2, 0.25) is 0 Å². The highest BCUT2D eigenvalue weighted by atomic mass is 79.9. The molecule has 2 atom stereocenters. The number of halogens is 1. The van der Waals surface area contributed by atoms with Crippen LogP contribution in [-0.4, -0.2) is 35.8 Å². The predicted molar refractivity (Wildman–Crippen MR) is 95.0 cm³/mol. The summed E-state index contributed by atoms with van der Waals surface area (Å²) >= 11 is 5.38. The summed E-state index contributed by atoms with van der Waals surface area (Å²) in [5.41, 5.74) is 0.701. The fourth-order valence-corrected chi connectivity index (χ4v) is 5.41. The van der Waals surface area contributed by atoms with Crippen molar-refractivity contribution in [1.82, 2.24) is 4.90 Å². The van der Waals surface area contributed by atoms with Crippen molar-refractivity contribution in [3.8, 4) is 0 Å². The van der Waals surface area contributed by atoms with Crippen LogP contribution in [0.15, 0.2) is 9.85 Å². The molecule has 6 heteroatoms. The molecule has 0 N–H and O–H groups in total. The molecule has 1 saturated heterocycles. The molecule has 0 saturated carbocycles. The van der Waals surface area contributed by atoms with Gasteiger partial charge in [-0.05, 0) is 68.1 Å². The zero-order chi connectivity index (χ0) is 16.8. The van der Waals surface area contributed by atoms with Gasteiger partial charge in [0.25, 0.3) is 0 Å². The van der Waals surface area contributed by atoms with Crippen molar-refractivity contribution < 1.29 is 14.3 Å². The van der Waals surface area contributed by atoms with E-state index in [4.69, 9.17) is 9.47 Å². The minimum Gasteiger partial charge on any atom is -0.444 e. The van der Waals surface area contributed by atoms with E-state index < -0.39 is 5.60 Å². The van der Waals surface area contributed by atoms with E-state index in [2.05, 4.69) is 28.9 Å². The standard InChI is InChI=1S/C17H24BrNO3S/c1-11-10-17(6-7-19(11)15(20)22-16(2,3)4)14-12(5-8-21-17)9-13(18)23-14/h9,11H,5-8,10H2,1-4H3. The number of hydrogen-bond donors (Lipinski definition) is 0. The van der Waals surface area contributed by atoms with Gasteiger partial charge >= 0.3 is 6.09 Å². The van der Waals surface area contributed by atoms with Crippen molar-refractivity contribution >= 4 is 33.4 Å². The van der Waals surface area contributed by atoms with E-state index in [1.165, 1.54) is 10.4 Å². The van der Waals surface area contributed by atoms with E-state index in [9.17, 15) is 4.79 Å². The first-order valence-electron chi connectivity index (χ1n) is 8.12. The molecule has 0 bridgehead atoms. The number of hydrogen-bond acceptors (Lipinski definition) is 4. The Morgan fingerprint density at radius 3 is 2.91 bits per heavy atom. The molecule has 2 aliphatic rings. The maximum absolute atomic E-state index is 12.4. The molecule has 23 heavy (non-hydrogen) atoms. The van der Waals surface area contributed by atoms with Gasteiger partial charge in [-0.2, -0.15) is 0 Å². The van der Waals surface area contributed by atoms with Crippen molar-refractivity contribution in [2.75, 3.05) is 13.2 Å². The highest BCUT2D eigenvalue weighted by Crippen LogP contribution is 2.48. The van der Waals surface area contributed by atoms with Crippen LogP contribution in [0.25, 0.3) is 0 Å². The number of carbonyl (C=O) groups is 1. The maximum atomic E-state index is 12.4. The van der Waals surface area contributed by atoms with E-state index in [-0.39, 0.29) is 17.7 Å². The summed E-state index contributed by atoms with van der Waals surface area (Å²) in [5.74, 6) is 0. The van der Waals surface area contributed by atoms with Gasteiger partial charge in [-0.1, -0.05) is 0 Å². The first kappa shape index (κ1) is 17.2. The van der Waals surface area contributed by atoms with Gasteiger partial charge < -0.3 is 14.4 Å². The first-order chi connectivity index (χ1) is 10.7. The second-order valence-corrected chi connectivity index (χ2v) is 9.91. The lowest BCUT2D eigenvalue weighted by molar-refractivity contribution is -0.108. The van der Waals surface area contributed by atoms with Crippen molar-refractivity contribution in [1.29, 1.82) is 0 Å². The number of rotatable bonds is 0. The van der Waals surface area contributed by atoms with Gasteiger partial charge in [0.1, 0.15) is 11.2 Å². The number of amides is 1. The molecule has 0 aliphatic carbocycles. The third-order valence-corrected chi connectivity index (χ3v) is 6.35. The monoisotopic (exact) mass is 401 g/mol. The normalized spacial score (nSPS) is 27.9. The van der Waals surface area contributed by atoms with Crippen LogP contribution in [0.5, 0.6) is 0 Å². The van der Waals surface area contributed by atoms with E-state index in [0.717, 1.165) is 29.7 Å². The molecule has 1 spiro atoms. The Bertz CT molecular complexity index is 609. The molecule has 2 aliphatic heterocycles. The Morgan fingerprint density at radius 1 is 1.52 bits per heavy atom. The summed E-state index contributed by atoms with van der Waals surface area (Å²) in [6.07, 6.45) is 2.41. The highest BCUT2D eigenvalue weighted by Gasteiger charge is 2.46. The van der Waals surface area contributed by atoms with Crippen LogP contribution in [0.4, 0.5) is 4.79 Å². The van der Waals surface area contributed by atoms with E-state index >= 15 is 0 Å². The number of likely N-dealkylation sites (tertiary alicyclic amines) is 1. The smallest absolute Gasteiger partial charge is 0.410 e. The highest BCUT2D eigenvalue weighted by molar-refractivity contribution is 9.11. The lowest BCUT2D eigenvalue weighted by Gasteiger charge is -2.46. The third-order valence-electron chi connectivity index (χ3n) is 4.48. The van der Waals surface area contributed by atoms with Gasteiger partial charge in [-0.25, -0.2) is 4.79 Å². The van der Waals surface area contributed by atoms with Gasteiger partial charge in [0.05, 0.1) is 10.4 Å². The second-order valence-electron chi connectivity index (χ2n) is 7.47. The van der Waals surface area contributed by atoms with Gasteiger partial charge in [-0.15, -0.1) is 11.3 Å². The van der Waals surface area contributed by atoms with Crippen molar-refractivity contribution in [3.63, 3.8) is 0 Å². The largest absolute Gasteiger partial charge is 0.444 e. The van der Waals surface area contributed by atoms with Crippen LogP contribution in [-0.2, 0) is 21.5 Å². The van der Waals surface area contributed by atoms with Crippen LogP contribution >= 0.6 is 27.3 Å². The van der Waals surface area contributed by atoms with Crippen LogP contribution in [0.1, 0.15) is 51.0 Å². The quantitative estimate of drug-likeness (QED) is 0.632. The molecular weight excluding hydrogens is 378 g/mol. The zero-order valence-electron chi connectivity index (χ0n) is 14.1. The van der Waals surface area contributed by atoms with Crippen LogP contribution in [0.2, 0.25) is 0 Å². The number of fused-ring (bicyclic) bond motifs is 2. The fraction of sp³-hybridized carbons (Fsp3) is 0.706. The molecule has 4 nitrogen and oxygen atoms in total. The van der Waals surface area contributed by atoms with Crippen molar-refractivity contribution in [2.24, 2.45) is 0 Å². The predicted octanol–water partition coefficient (Wildman–Crippen LogP) is 4.70. The molecular formula is C17H24BrNO3S. The zero-order valence-corrected chi connectivity index (χ0v) is 16.6. The Labute approximate surface area is 150 Å². The molecule has 1 amide bonds. The molecule has 1 fully saturated rings. The first-order valence-corrected chi connectivity index (χ1v) is 9.73. The molecule has 1 aromatic rings. The Kier molecular flexibility index (Phi) is 4.53. The molecule has 0 aromatic carbocycles. The summed E-state index contributed by atoms with van der Waals surface area (Å²) in [7, 11) is 0. The molecule has 128 valence electrons. The van der Waals surface area contributed by atoms with Crippen molar-refractivity contribution in [2.45, 2.75) is 64.2 Å². The van der Waals surface area contributed by atoms with Crippen LogP contribution in [0, 0.1) is 0 Å². The summed E-state index contributed by atoms with van der Waals surface area (Å²) < 4.78 is 13.0. The minimum absolute atomic E-state index is 0.102. The number of ether oxygens (including phenoxy) is 2. The summed E-state index contributed by atoms with van der Waals surface area (Å²) in [6.45, 7) is 9.23. The maximum Gasteiger partial charge on any atom is 0.410 e. The summed E-state index contributed by atoms with van der Waals surface area (Å²) in [5, 5.41) is 0. The Morgan fingerprint density at radius 2 is 2.26 bits per heavy atom. The van der Waals surface area contributed by atoms with E-state index in [1.807, 2.05) is 25.7 Å². The van der Waals surface area contributed by atoms with E-state index in [0.29, 0.717) is 6.54 Å². The third kappa shape index (κ3) is 3.44. The topological polar surface area (TPSA) is 38.8 Å². The second kappa shape index (κ2) is 6.05. The summed E-state index contributed by atoms with van der Waals surface area (Å²) in [4.78, 5) is 15.6. The molecule has 2 unspecified atom stereocenters. The summed E-state index contributed by atoms with van der Waals surface area (Å²) in [6, 6.07) is 2.32. The van der Waals surface area contributed by atoms with Gasteiger partial charge in [0, 0.05) is 23.9 Å². The average molecular weight is 402 g/mol. The number of thiophene rings is 1. The average Bonchev–Trinajstić information content (AvgIpc) is 2.79. The molecule has 3 rings (SSSR count). The fourth-order valence-electron chi connectivity index (χ4n) is 3.53. The molecule has 1 aromatic heterocycles. The molecule has 0 radical (unpaired) electrons. The number of piperidine rings is 1. The van der Waals surface area contributed by atoms with Gasteiger partial charge in [-0.3, -0.25) is 0 Å². The van der Waals surface area contributed by atoms with Crippen LogP contribution < -0.4 is 0 Å². The Hall–Kier alpha value is -0.590. The molecule has 3 heterocycles. The number of nitrogens with zero attached hydrogens (tertiary/aromatic N) is 1. The van der Waals surface area contributed by atoms with Gasteiger partial charge in [0.15, 0.2) is 0 Å². The minimum atomic E-state index is -0.459. The van der Waals surface area contributed by atoms with Crippen molar-refractivity contribution in [3.05, 3.63) is 20.3 Å².